The smallest absolute Gasteiger partial charge is 0.0104 e. The van der Waals surface area contributed by atoms with Gasteiger partial charge >= 0.3 is 0 Å². The Kier molecular flexibility index (Phi) is 5.04. The van der Waals surface area contributed by atoms with E-state index in [9.17, 15) is 0 Å². The second-order valence-corrected chi connectivity index (χ2v) is 7.83. The summed E-state index contributed by atoms with van der Waals surface area (Å²) in [6, 6.07) is 2.35. The first kappa shape index (κ1) is 15.0. The molecule has 0 fully saturated rings. The maximum absolute atomic E-state index is 3.56. The van der Waals surface area contributed by atoms with Gasteiger partial charge in [0, 0.05) is 30.1 Å². The van der Waals surface area contributed by atoms with Gasteiger partial charge in [-0.15, -0.1) is 11.3 Å². The Morgan fingerprint density at radius 2 is 2.21 bits per heavy atom. The Labute approximate surface area is 122 Å². The third-order valence-corrected chi connectivity index (χ3v) is 4.85. The first-order valence-electron chi connectivity index (χ1n) is 7.45. The van der Waals surface area contributed by atoms with Crippen molar-refractivity contribution < 1.29 is 0 Å². The Morgan fingerprint density at radius 1 is 1.42 bits per heavy atom. The minimum Gasteiger partial charge on any atom is -0.311 e. The van der Waals surface area contributed by atoms with Crippen molar-refractivity contribution in [2.24, 2.45) is 0 Å². The lowest BCUT2D eigenvalue weighted by molar-refractivity contribution is 0.283. The first-order valence-corrected chi connectivity index (χ1v) is 8.33. The van der Waals surface area contributed by atoms with Crippen LogP contribution in [0.4, 0.5) is 0 Å². The molecule has 1 aromatic heterocycles. The van der Waals surface area contributed by atoms with Crippen LogP contribution in [-0.2, 0) is 6.42 Å². The largest absolute Gasteiger partial charge is 0.311 e. The molecular weight excluding hydrogens is 252 g/mol. The van der Waals surface area contributed by atoms with E-state index >= 15 is 0 Å². The van der Waals surface area contributed by atoms with E-state index in [-0.39, 0.29) is 5.54 Å². The maximum Gasteiger partial charge on any atom is 0.0104 e. The van der Waals surface area contributed by atoms with Crippen molar-refractivity contribution in [2.45, 2.75) is 51.5 Å². The molecule has 1 N–H and O–H groups in total. The normalized spacial score (nSPS) is 19.7. The molecule has 2 rings (SSSR count). The molecular formula is C16H28N2S. The van der Waals surface area contributed by atoms with Crippen LogP contribution in [0.3, 0.4) is 0 Å². The molecule has 0 bridgehead atoms. The highest BCUT2D eigenvalue weighted by Crippen LogP contribution is 2.35. The predicted molar refractivity (Wildman–Crippen MR) is 85.3 cm³/mol. The monoisotopic (exact) mass is 280 g/mol. The van der Waals surface area contributed by atoms with Crippen LogP contribution in [0.5, 0.6) is 0 Å². The third-order valence-electron chi connectivity index (χ3n) is 3.86. The van der Waals surface area contributed by atoms with Crippen molar-refractivity contribution in [2.75, 3.05) is 26.7 Å². The molecule has 0 aromatic carbocycles. The van der Waals surface area contributed by atoms with Crippen molar-refractivity contribution in [3.63, 3.8) is 0 Å². The summed E-state index contributed by atoms with van der Waals surface area (Å²) in [6.45, 7) is 10.1. The number of hydrogen-bond acceptors (Lipinski definition) is 3. The van der Waals surface area contributed by atoms with Crippen molar-refractivity contribution in [1.29, 1.82) is 0 Å². The summed E-state index contributed by atoms with van der Waals surface area (Å²) in [5, 5.41) is 5.83. The van der Waals surface area contributed by atoms with Crippen molar-refractivity contribution in [3.05, 3.63) is 21.9 Å². The topological polar surface area (TPSA) is 15.3 Å². The first-order chi connectivity index (χ1) is 8.96. The molecule has 2 nitrogen and oxygen atoms in total. The number of thiophene rings is 1. The summed E-state index contributed by atoms with van der Waals surface area (Å²) in [7, 11) is 2.25. The van der Waals surface area contributed by atoms with Gasteiger partial charge in [-0.2, -0.15) is 0 Å². The van der Waals surface area contributed by atoms with Crippen LogP contribution in [0.1, 0.15) is 50.0 Å². The average Bonchev–Trinajstić information content (AvgIpc) is 2.76. The van der Waals surface area contributed by atoms with E-state index in [0.717, 1.165) is 19.0 Å². The minimum atomic E-state index is 0.228. The fourth-order valence-corrected chi connectivity index (χ4v) is 3.87. The summed E-state index contributed by atoms with van der Waals surface area (Å²) in [5.41, 5.74) is 1.86. The fraction of sp³-hybridized carbons (Fsp3) is 0.750. The highest BCUT2D eigenvalue weighted by Gasteiger charge is 2.22. The van der Waals surface area contributed by atoms with Gasteiger partial charge in [-0.25, -0.2) is 0 Å². The highest BCUT2D eigenvalue weighted by molar-refractivity contribution is 7.10. The zero-order chi connectivity index (χ0) is 13.9. The van der Waals surface area contributed by atoms with Crippen LogP contribution in [0.15, 0.2) is 11.4 Å². The van der Waals surface area contributed by atoms with E-state index in [2.05, 4.69) is 49.5 Å². The van der Waals surface area contributed by atoms with Gasteiger partial charge in [-0.05, 0) is 70.0 Å². The molecule has 1 aromatic rings. The number of nitrogens with one attached hydrogen (secondary N) is 1. The van der Waals surface area contributed by atoms with Gasteiger partial charge in [0.2, 0.25) is 0 Å². The van der Waals surface area contributed by atoms with E-state index in [4.69, 9.17) is 0 Å². The molecule has 0 radical (unpaired) electrons. The Morgan fingerprint density at radius 3 is 2.95 bits per heavy atom. The standard InChI is InChI=1S/C16H28N2S/c1-16(2,3)17-9-10-18(4)12-13-6-5-7-15-14(13)8-11-19-15/h8,11,13,17H,5-7,9-10,12H2,1-4H3. The summed E-state index contributed by atoms with van der Waals surface area (Å²) >= 11 is 1.95. The molecule has 1 aliphatic rings. The van der Waals surface area contributed by atoms with E-state index in [1.807, 2.05) is 11.3 Å². The predicted octanol–water partition coefficient (Wildman–Crippen LogP) is 3.49. The molecule has 1 atom stereocenters. The second kappa shape index (κ2) is 6.38. The average molecular weight is 280 g/mol. The second-order valence-electron chi connectivity index (χ2n) is 6.83. The molecule has 1 unspecified atom stereocenters. The van der Waals surface area contributed by atoms with Crippen molar-refractivity contribution >= 4 is 11.3 Å². The fourth-order valence-electron chi connectivity index (χ4n) is 2.86. The molecule has 19 heavy (non-hydrogen) atoms. The number of fused-ring (bicyclic) bond motifs is 1. The van der Waals surface area contributed by atoms with Gasteiger partial charge < -0.3 is 10.2 Å². The maximum atomic E-state index is 3.56. The van der Waals surface area contributed by atoms with Crippen molar-refractivity contribution in [3.8, 4) is 0 Å². The summed E-state index contributed by atoms with van der Waals surface area (Å²) < 4.78 is 0. The van der Waals surface area contributed by atoms with Gasteiger partial charge in [-0.3, -0.25) is 0 Å². The molecule has 1 heterocycles. The van der Waals surface area contributed by atoms with Gasteiger partial charge in [0.05, 0.1) is 0 Å². The van der Waals surface area contributed by atoms with Crippen LogP contribution in [-0.4, -0.2) is 37.1 Å². The van der Waals surface area contributed by atoms with Gasteiger partial charge in [0.1, 0.15) is 0 Å². The van der Waals surface area contributed by atoms with Gasteiger partial charge in [0.15, 0.2) is 0 Å². The van der Waals surface area contributed by atoms with E-state index in [0.29, 0.717) is 0 Å². The quantitative estimate of drug-likeness (QED) is 0.888. The van der Waals surface area contributed by atoms with E-state index in [1.165, 1.54) is 25.8 Å². The van der Waals surface area contributed by atoms with Gasteiger partial charge in [-0.1, -0.05) is 0 Å². The molecule has 0 amide bonds. The highest BCUT2D eigenvalue weighted by atomic mass is 32.1. The zero-order valence-electron chi connectivity index (χ0n) is 12.8. The lowest BCUT2D eigenvalue weighted by Gasteiger charge is -2.29. The molecule has 1 aliphatic carbocycles. The van der Waals surface area contributed by atoms with Gasteiger partial charge in [0.25, 0.3) is 0 Å². The van der Waals surface area contributed by atoms with Crippen LogP contribution < -0.4 is 5.32 Å². The number of rotatable bonds is 5. The molecule has 108 valence electrons. The van der Waals surface area contributed by atoms with Crippen LogP contribution in [0.2, 0.25) is 0 Å². The Hall–Kier alpha value is -0.380. The third kappa shape index (κ3) is 4.59. The lowest BCUT2D eigenvalue weighted by atomic mass is 9.87. The Balaban J connectivity index is 1.79. The van der Waals surface area contributed by atoms with Crippen LogP contribution in [0.25, 0.3) is 0 Å². The molecule has 0 saturated heterocycles. The Bertz CT molecular complexity index is 392. The number of aryl methyl sites for hydroxylation is 1. The summed E-state index contributed by atoms with van der Waals surface area (Å²) in [6.07, 6.45) is 4.03. The van der Waals surface area contributed by atoms with Crippen molar-refractivity contribution in [1.82, 2.24) is 10.2 Å². The zero-order valence-corrected chi connectivity index (χ0v) is 13.6. The SMILES string of the molecule is CN(CCNC(C)(C)C)CC1CCCc2sccc21. The molecule has 0 saturated carbocycles. The molecule has 0 spiro atoms. The van der Waals surface area contributed by atoms with Crippen LogP contribution in [0, 0.1) is 0 Å². The summed E-state index contributed by atoms with van der Waals surface area (Å²) in [4.78, 5) is 4.12. The van der Waals surface area contributed by atoms with Crippen LogP contribution >= 0.6 is 11.3 Å². The minimum absolute atomic E-state index is 0.228. The van der Waals surface area contributed by atoms with E-state index < -0.39 is 0 Å². The van der Waals surface area contributed by atoms with E-state index in [1.54, 1.807) is 10.4 Å². The number of likely N-dealkylation sites (N-methyl/N-ethyl adjacent to an activating group) is 1. The molecule has 0 aliphatic heterocycles. The number of nitrogens with zero attached hydrogens (tertiary/aromatic N) is 1. The molecule has 3 heteroatoms. The summed E-state index contributed by atoms with van der Waals surface area (Å²) in [5.74, 6) is 0.759. The number of hydrogen-bond donors (Lipinski definition) is 1. The lowest BCUT2D eigenvalue weighted by Crippen LogP contribution is -2.41.